The zero-order valence-electron chi connectivity index (χ0n) is 12.8. The second-order valence-electron chi connectivity index (χ2n) is 5.02. The van der Waals surface area contributed by atoms with E-state index in [1.807, 2.05) is 19.0 Å². The van der Waals surface area contributed by atoms with Crippen LogP contribution in [0.5, 0.6) is 0 Å². The Morgan fingerprint density at radius 3 is 2.25 bits per heavy atom. The number of unbranched alkanes of at least 4 members (excludes halogenated alkanes) is 5. The van der Waals surface area contributed by atoms with Gasteiger partial charge in [-0.25, -0.2) is 5.84 Å². The van der Waals surface area contributed by atoms with Crippen LogP contribution in [0.1, 0.15) is 45.4 Å². The predicted octanol–water partition coefficient (Wildman–Crippen LogP) is 2.00. The van der Waals surface area contributed by atoms with Gasteiger partial charge < -0.3 is 10.2 Å². The van der Waals surface area contributed by atoms with Gasteiger partial charge in [0.2, 0.25) is 17.8 Å². The lowest BCUT2D eigenvalue weighted by Crippen LogP contribution is -2.19. The van der Waals surface area contributed by atoms with Crippen LogP contribution in [0.25, 0.3) is 0 Å². The van der Waals surface area contributed by atoms with E-state index in [2.05, 4.69) is 32.6 Å². The van der Waals surface area contributed by atoms with Crippen molar-refractivity contribution >= 4 is 17.8 Å². The van der Waals surface area contributed by atoms with Gasteiger partial charge in [-0.1, -0.05) is 39.0 Å². The van der Waals surface area contributed by atoms with E-state index >= 15 is 0 Å². The Balaban J connectivity index is 2.37. The maximum absolute atomic E-state index is 5.36. The molecule has 0 atom stereocenters. The molecule has 7 heteroatoms. The molecule has 0 amide bonds. The fourth-order valence-electron chi connectivity index (χ4n) is 1.81. The monoisotopic (exact) mass is 281 g/mol. The van der Waals surface area contributed by atoms with Crippen LogP contribution in [0, 0.1) is 0 Å². The van der Waals surface area contributed by atoms with Crippen LogP contribution >= 0.6 is 0 Å². The lowest BCUT2D eigenvalue weighted by Gasteiger charge is -2.13. The van der Waals surface area contributed by atoms with Crippen molar-refractivity contribution in [1.29, 1.82) is 0 Å². The summed E-state index contributed by atoms with van der Waals surface area (Å²) >= 11 is 0. The van der Waals surface area contributed by atoms with Crippen molar-refractivity contribution in [3.05, 3.63) is 0 Å². The average Bonchev–Trinajstić information content (AvgIpc) is 2.46. The first-order valence-corrected chi connectivity index (χ1v) is 7.31. The molecule has 0 saturated carbocycles. The van der Waals surface area contributed by atoms with Crippen molar-refractivity contribution in [2.24, 2.45) is 5.84 Å². The molecule has 4 N–H and O–H groups in total. The normalized spacial score (nSPS) is 10.4. The van der Waals surface area contributed by atoms with Crippen molar-refractivity contribution in [1.82, 2.24) is 15.0 Å². The molecule has 20 heavy (non-hydrogen) atoms. The van der Waals surface area contributed by atoms with Gasteiger partial charge in [0, 0.05) is 20.6 Å². The van der Waals surface area contributed by atoms with E-state index < -0.39 is 0 Å². The SMILES string of the molecule is CCCCCCCCNc1nc(NN)nc(N(C)C)n1. The maximum atomic E-state index is 5.36. The third-order valence-corrected chi connectivity index (χ3v) is 2.97. The number of nitrogen functional groups attached to an aromatic ring is 1. The smallest absolute Gasteiger partial charge is 0.243 e. The van der Waals surface area contributed by atoms with Gasteiger partial charge in [0.05, 0.1) is 0 Å². The van der Waals surface area contributed by atoms with Crippen LogP contribution in [0.15, 0.2) is 0 Å². The fraction of sp³-hybridized carbons (Fsp3) is 0.769. The topological polar surface area (TPSA) is 92.0 Å². The molecule has 0 aliphatic carbocycles. The highest BCUT2D eigenvalue weighted by atomic mass is 15.4. The summed E-state index contributed by atoms with van der Waals surface area (Å²) < 4.78 is 0. The van der Waals surface area contributed by atoms with Gasteiger partial charge >= 0.3 is 0 Å². The first-order valence-electron chi connectivity index (χ1n) is 7.31. The molecule has 0 bridgehead atoms. The number of rotatable bonds is 10. The van der Waals surface area contributed by atoms with Crippen LogP contribution in [-0.4, -0.2) is 35.6 Å². The summed E-state index contributed by atoms with van der Waals surface area (Å²) in [4.78, 5) is 14.5. The second kappa shape index (κ2) is 9.30. The summed E-state index contributed by atoms with van der Waals surface area (Å²) in [7, 11) is 3.76. The number of anilines is 3. The highest BCUT2D eigenvalue weighted by Crippen LogP contribution is 2.11. The van der Waals surface area contributed by atoms with Crippen LogP contribution in [0.4, 0.5) is 17.8 Å². The van der Waals surface area contributed by atoms with E-state index in [9.17, 15) is 0 Å². The number of aromatic nitrogens is 3. The Hall–Kier alpha value is -1.63. The van der Waals surface area contributed by atoms with Crippen molar-refractivity contribution in [3.63, 3.8) is 0 Å². The summed E-state index contributed by atoms with van der Waals surface area (Å²) in [5, 5.41) is 3.22. The van der Waals surface area contributed by atoms with E-state index in [4.69, 9.17) is 5.84 Å². The van der Waals surface area contributed by atoms with Crippen LogP contribution in [0.2, 0.25) is 0 Å². The van der Waals surface area contributed by atoms with E-state index in [0.717, 1.165) is 13.0 Å². The van der Waals surface area contributed by atoms with Crippen LogP contribution in [0.3, 0.4) is 0 Å². The Morgan fingerprint density at radius 2 is 1.60 bits per heavy atom. The number of nitrogens with zero attached hydrogens (tertiary/aromatic N) is 4. The lowest BCUT2D eigenvalue weighted by molar-refractivity contribution is 0.616. The first kappa shape index (κ1) is 16.4. The molecule has 0 radical (unpaired) electrons. The van der Waals surface area contributed by atoms with Gasteiger partial charge in [0.1, 0.15) is 0 Å². The molecule has 7 nitrogen and oxygen atoms in total. The van der Waals surface area contributed by atoms with Crippen LogP contribution in [-0.2, 0) is 0 Å². The summed E-state index contributed by atoms with van der Waals surface area (Å²) in [5.74, 6) is 6.87. The maximum Gasteiger partial charge on any atom is 0.243 e. The van der Waals surface area contributed by atoms with E-state index in [-0.39, 0.29) is 0 Å². The first-order chi connectivity index (χ1) is 9.67. The molecule has 1 rings (SSSR count). The second-order valence-corrected chi connectivity index (χ2v) is 5.02. The average molecular weight is 281 g/mol. The highest BCUT2D eigenvalue weighted by Gasteiger charge is 2.06. The summed E-state index contributed by atoms with van der Waals surface area (Å²) in [6.07, 6.45) is 7.60. The quantitative estimate of drug-likeness (QED) is 0.343. The number of hydrogen-bond acceptors (Lipinski definition) is 7. The molecule has 0 unspecified atom stereocenters. The predicted molar refractivity (Wildman–Crippen MR) is 83.8 cm³/mol. The lowest BCUT2D eigenvalue weighted by atomic mass is 10.1. The van der Waals surface area contributed by atoms with E-state index in [1.54, 1.807) is 0 Å². The third-order valence-electron chi connectivity index (χ3n) is 2.97. The molecule has 0 aromatic carbocycles. The van der Waals surface area contributed by atoms with Gasteiger partial charge in [-0.2, -0.15) is 15.0 Å². The molecule has 1 heterocycles. The summed E-state index contributed by atoms with van der Waals surface area (Å²) in [6.45, 7) is 3.10. The minimum absolute atomic E-state index is 0.370. The van der Waals surface area contributed by atoms with E-state index in [1.165, 1.54) is 32.1 Å². The minimum Gasteiger partial charge on any atom is -0.354 e. The number of nitrogens with one attached hydrogen (secondary N) is 2. The summed E-state index contributed by atoms with van der Waals surface area (Å²) in [5.41, 5.74) is 2.46. The molecule has 0 aliphatic heterocycles. The molecule has 1 aromatic rings. The van der Waals surface area contributed by atoms with Crippen LogP contribution < -0.4 is 21.5 Å². The highest BCUT2D eigenvalue weighted by molar-refractivity contribution is 5.42. The Kier molecular flexibility index (Phi) is 7.64. The number of hydrazine groups is 1. The van der Waals surface area contributed by atoms with Gasteiger partial charge in [-0.05, 0) is 6.42 Å². The van der Waals surface area contributed by atoms with Crippen molar-refractivity contribution in [2.45, 2.75) is 45.4 Å². The molecular weight excluding hydrogens is 254 g/mol. The van der Waals surface area contributed by atoms with Gasteiger partial charge in [-0.15, -0.1) is 0 Å². The molecule has 114 valence electrons. The Bertz CT molecular complexity index is 381. The largest absolute Gasteiger partial charge is 0.354 e. The molecule has 1 aromatic heterocycles. The zero-order chi connectivity index (χ0) is 14.8. The van der Waals surface area contributed by atoms with Gasteiger partial charge in [-0.3, -0.25) is 5.43 Å². The standard InChI is InChI=1S/C13H27N7/c1-4-5-6-7-8-9-10-15-11-16-12(19-14)18-13(17-11)20(2)3/h4-10,14H2,1-3H3,(H2,15,16,17,18,19). The fourth-order valence-corrected chi connectivity index (χ4v) is 1.81. The van der Waals surface area contributed by atoms with Crippen molar-refractivity contribution in [2.75, 3.05) is 36.3 Å². The van der Waals surface area contributed by atoms with Gasteiger partial charge in [0.15, 0.2) is 0 Å². The van der Waals surface area contributed by atoms with Crippen molar-refractivity contribution in [3.8, 4) is 0 Å². The molecule has 0 fully saturated rings. The number of hydrogen-bond donors (Lipinski definition) is 3. The molecule has 0 spiro atoms. The minimum atomic E-state index is 0.370. The Morgan fingerprint density at radius 1 is 0.950 bits per heavy atom. The molecule has 0 saturated heterocycles. The third kappa shape index (κ3) is 6.01. The van der Waals surface area contributed by atoms with Gasteiger partial charge in [0.25, 0.3) is 0 Å². The molecular formula is C13H27N7. The molecule has 0 aliphatic rings. The Labute approximate surface area is 121 Å². The van der Waals surface area contributed by atoms with Crippen molar-refractivity contribution < 1.29 is 0 Å². The zero-order valence-corrected chi connectivity index (χ0v) is 12.8. The number of nitrogens with two attached hydrogens (primary N) is 1. The van der Waals surface area contributed by atoms with E-state index in [0.29, 0.717) is 17.8 Å². The summed E-state index contributed by atoms with van der Waals surface area (Å²) in [6, 6.07) is 0.